The Morgan fingerprint density at radius 2 is 1.91 bits per heavy atom. The maximum absolute atomic E-state index is 13.0. The van der Waals surface area contributed by atoms with Gasteiger partial charge >= 0.3 is 0 Å². The van der Waals surface area contributed by atoms with E-state index in [0.717, 1.165) is 16.3 Å². The first-order valence-corrected chi connectivity index (χ1v) is 13.7. The van der Waals surface area contributed by atoms with Crippen molar-refractivity contribution >= 4 is 71.9 Å². The first-order valence-electron chi connectivity index (χ1n) is 10.3. The van der Waals surface area contributed by atoms with E-state index in [-0.39, 0.29) is 30.1 Å². The number of aromatic nitrogens is 1. The second-order valence-corrected chi connectivity index (χ2v) is 11.5. The molecule has 0 aliphatic carbocycles. The SMILES string of the molecule is CS(=O)(=O)N1CCOc2cc3sc(C(=O)Nc4cc(Cl)nc(Oc5ccc(Cl)cc5)c4)cc3cc21. The summed E-state index contributed by atoms with van der Waals surface area (Å²) >= 11 is 13.3. The van der Waals surface area contributed by atoms with Gasteiger partial charge in [-0.3, -0.25) is 9.10 Å². The Kier molecular flexibility index (Phi) is 6.22. The van der Waals surface area contributed by atoms with Gasteiger partial charge in [-0.2, -0.15) is 0 Å². The van der Waals surface area contributed by atoms with Gasteiger partial charge in [-0.05, 0) is 47.9 Å². The van der Waals surface area contributed by atoms with Crippen molar-refractivity contribution in [3.05, 3.63) is 69.7 Å². The summed E-state index contributed by atoms with van der Waals surface area (Å²) in [7, 11) is -3.45. The number of pyridine rings is 1. The number of anilines is 2. The molecule has 1 aliphatic heterocycles. The summed E-state index contributed by atoms with van der Waals surface area (Å²) < 4.78 is 37.8. The van der Waals surface area contributed by atoms with Gasteiger partial charge in [0, 0.05) is 27.5 Å². The number of rotatable bonds is 5. The predicted molar refractivity (Wildman–Crippen MR) is 138 cm³/mol. The quantitative estimate of drug-likeness (QED) is 0.315. The molecule has 35 heavy (non-hydrogen) atoms. The number of benzene rings is 2. The Labute approximate surface area is 215 Å². The van der Waals surface area contributed by atoms with Gasteiger partial charge in [-0.25, -0.2) is 13.4 Å². The van der Waals surface area contributed by atoms with E-state index in [1.165, 1.54) is 21.7 Å². The van der Waals surface area contributed by atoms with Crippen LogP contribution in [0.4, 0.5) is 11.4 Å². The number of thiophene rings is 1. The summed E-state index contributed by atoms with van der Waals surface area (Å²) in [6.45, 7) is 0.492. The molecule has 0 radical (unpaired) electrons. The van der Waals surface area contributed by atoms with Crippen LogP contribution < -0.4 is 19.1 Å². The molecule has 0 fully saturated rings. The highest BCUT2D eigenvalue weighted by Gasteiger charge is 2.26. The minimum Gasteiger partial charge on any atom is -0.489 e. The zero-order valence-corrected chi connectivity index (χ0v) is 21.3. The van der Waals surface area contributed by atoms with Crippen molar-refractivity contribution in [3.8, 4) is 17.4 Å². The van der Waals surface area contributed by atoms with Gasteiger partial charge in [0.1, 0.15) is 23.3 Å². The second kappa shape index (κ2) is 9.19. The lowest BCUT2D eigenvalue weighted by atomic mass is 10.2. The first-order chi connectivity index (χ1) is 16.7. The standard InChI is InChI=1S/C23H17Cl2N3O5S2/c1-35(30,31)28-6-7-32-18-12-19-13(8-17(18)28)9-20(34-19)23(29)26-15-10-21(25)27-22(11-15)33-16-4-2-14(24)3-5-16/h2-5,8-12H,6-7H2,1H3,(H,26,27,29). The molecule has 2 aromatic carbocycles. The smallest absolute Gasteiger partial charge is 0.265 e. The number of nitrogens with zero attached hydrogens (tertiary/aromatic N) is 2. The lowest BCUT2D eigenvalue weighted by Crippen LogP contribution is -2.37. The summed E-state index contributed by atoms with van der Waals surface area (Å²) in [5, 5.41) is 4.26. The molecule has 0 bridgehead atoms. The van der Waals surface area contributed by atoms with Crippen LogP contribution in [0.5, 0.6) is 17.4 Å². The van der Waals surface area contributed by atoms with E-state index in [1.54, 1.807) is 48.5 Å². The molecule has 0 spiro atoms. The van der Waals surface area contributed by atoms with E-state index in [2.05, 4.69) is 10.3 Å². The second-order valence-electron chi connectivity index (χ2n) is 7.68. The van der Waals surface area contributed by atoms with E-state index < -0.39 is 10.0 Å². The molecule has 3 heterocycles. The summed E-state index contributed by atoms with van der Waals surface area (Å²) in [5.74, 6) is 0.829. The third-order valence-electron chi connectivity index (χ3n) is 5.11. The zero-order valence-electron chi connectivity index (χ0n) is 18.1. The van der Waals surface area contributed by atoms with Gasteiger partial charge in [0.15, 0.2) is 0 Å². The average molecular weight is 550 g/mol. The van der Waals surface area contributed by atoms with Crippen molar-refractivity contribution in [3.63, 3.8) is 0 Å². The first kappa shape index (κ1) is 23.7. The Hall–Kier alpha value is -3.05. The number of amides is 1. The van der Waals surface area contributed by atoms with Crippen molar-refractivity contribution < 1.29 is 22.7 Å². The maximum atomic E-state index is 13.0. The van der Waals surface area contributed by atoms with Gasteiger partial charge in [0.25, 0.3) is 5.91 Å². The molecular formula is C23H17Cl2N3O5S2. The third kappa shape index (κ3) is 5.15. The molecule has 0 saturated carbocycles. The molecule has 2 aromatic heterocycles. The van der Waals surface area contributed by atoms with Crippen LogP contribution in [-0.4, -0.2) is 38.7 Å². The fraction of sp³-hybridized carbons (Fsp3) is 0.130. The number of carbonyl (C=O) groups excluding carboxylic acids is 1. The molecule has 5 rings (SSSR count). The highest BCUT2D eigenvalue weighted by atomic mass is 35.5. The molecule has 0 saturated heterocycles. The Balaban J connectivity index is 1.40. The van der Waals surface area contributed by atoms with E-state index in [1.807, 2.05) is 0 Å². The largest absolute Gasteiger partial charge is 0.489 e. The summed E-state index contributed by atoms with van der Waals surface area (Å²) in [6.07, 6.45) is 1.16. The summed E-state index contributed by atoms with van der Waals surface area (Å²) in [6, 6.07) is 15.0. The highest BCUT2D eigenvalue weighted by molar-refractivity contribution is 7.92. The number of hydrogen-bond acceptors (Lipinski definition) is 7. The van der Waals surface area contributed by atoms with Crippen molar-refractivity contribution in [2.45, 2.75) is 0 Å². The number of fused-ring (bicyclic) bond motifs is 2. The van der Waals surface area contributed by atoms with Crippen LogP contribution in [0.3, 0.4) is 0 Å². The number of nitrogens with one attached hydrogen (secondary N) is 1. The average Bonchev–Trinajstić information content (AvgIpc) is 3.21. The van der Waals surface area contributed by atoms with Crippen LogP contribution in [0.25, 0.3) is 10.1 Å². The van der Waals surface area contributed by atoms with Crippen LogP contribution in [0.1, 0.15) is 9.67 Å². The lowest BCUT2D eigenvalue weighted by molar-refractivity contribution is 0.103. The Morgan fingerprint density at radius 1 is 1.14 bits per heavy atom. The van der Waals surface area contributed by atoms with Gasteiger partial charge in [0.2, 0.25) is 15.9 Å². The van der Waals surface area contributed by atoms with E-state index in [0.29, 0.717) is 32.8 Å². The number of sulfonamides is 1. The predicted octanol–water partition coefficient (Wildman–Crippen LogP) is 5.81. The number of ether oxygens (including phenoxy) is 2. The zero-order chi connectivity index (χ0) is 24.7. The number of carbonyl (C=O) groups is 1. The van der Waals surface area contributed by atoms with Crippen LogP contribution in [0.15, 0.2) is 54.6 Å². The van der Waals surface area contributed by atoms with E-state index in [4.69, 9.17) is 32.7 Å². The van der Waals surface area contributed by atoms with Gasteiger partial charge in [0.05, 0.1) is 23.4 Å². The molecule has 8 nitrogen and oxygen atoms in total. The monoisotopic (exact) mass is 549 g/mol. The minimum absolute atomic E-state index is 0.147. The number of halogens is 2. The molecular weight excluding hydrogens is 533 g/mol. The molecule has 1 amide bonds. The van der Waals surface area contributed by atoms with Crippen molar-refractivity contribution in [2.75, 3.05) is 29.0 Å². The normalized spacial score (nSPS) is 13.3. The minimum atomic E-state index is -3.45. The molecule has 0 unspecified atom stereocenters. The Bertz CT molecular complexity index is 1560. The molecule has 0 atom stereocenters. The summed E-state index contributed by atoms with van der Waals surface area (Å²) in [5.41, 5.74) is 0.864. The van der Waals surface area contributed by atoms with E-state index in [9.17, 15) is 13.2 Å². The fourth-order valence-corrected chi connectivity index (χ4v) is 5.80. The molecule has 1 aliphatic rings. The molecule has 12 heteroatoms. The maximum Gasteiger partial charge on any atom is 0.265 e. The lowest BCUT2D eigenvalue weighted by Gasteiger charge is -2.29. The van der Waals surface area contributed by atoms with Crippen LogP contribution >= 0.6 is 34.5 Å². The van der Waals surface area contributed by atoms with E-state index >= 15 is 0 Å². The van der Waals surface area contributed by atoms with Crippen molar-refractivity contribution in [1.29, 1.82) is 0 Å². The molecule has 4 aromatic rings. The van der Waals surface area contributed by atoms with Crippen LogP contribution in [0, 0.1) is 0 Å². The van der Waals surface area contributed by atoms with Crippen molar-refractivity contribution in [1.82, 2.24) is 4.98 Å². The fourth-order valence-electron chi connectivity index (χ4n) is 3.60. The van der Waals surface area contributed by atoms with Crippen LogP contribution in [-0.2, 0) is 10.0 Å². The van der Waals surface area contributed by atoms with Crippen LogP contribution in [0.2, 0.25) is 10.2 Å². The highest BCUT2D eigenvalue weighted by Crippen LogP contribution is 2.40. The van der Waals surface area contributed by atoms with Gasteiger partial charge in [-0.15, -0.1) is 11.3 Å². The van der Waals surface area contributed by atoms with Gasteiger partial charge < -0.3 is 14.8 Å². The molecule has 180 valence electrons. The van der Waals surface area contributed by atoms with Gasteiger partial charge in [-0.1, -0.05) is 23.2 Å². The van der Waals surface area contributed by atoms with Crippen molar-refractivity contribution in [2.24, 2.45) is 0 Å². The topological polar surface area (TPSA) is 97.8 Å². The Morgan fingerprint density at radius 3 is 2.66 bits per heavy atom. The molecule has 1 N–H and O–H groups in total. The third-order valence-corrected chi connectivity index (χ3v) is 7.83. The number of hydrogen-bond donors (Lipinski definition) is 1. The summed E-state index contributed by atoms with van der Waals surface area (Å²) in [4.78, 5) is 17.6.